The predicted molar refractivity (Wildman–Crippen MR) is 138 cm³/mol. The molecule has 0 saturated carbocycles. The van der Waals surface area contributed by atoms with Crippen molar-refractivity contribution >= 4 is 11.9 Å². The van der Waals surface area contributed by atoms with Crippen molar-refractivity contribution in [3.8, 4) is 34.0 Å². The van der Waals surface area contributed by atoms with Gasteiger partial charge in [-0.15, -0.1) is 0 Å². The summed E-state index contributed by atoms with van der Waals surface area (Å²) in [5, 5.41) is 4.73. The summed E-state index contributed by atoms with van der Waals surface area (Å²) < 4.78 is 51.8. The second-order valence-corrected chi connectivity index (χ2v) is 8.38. The molecule has 0 fully saturated rings. The fraction of sp³-hybridized carbons (Fsp3) is 0.0667. The van der Waals surface area contributed by atoms with Crippen LogP contribution in [-0.2, 0) is 6.18 Å². The zero-order valence-electron chi connectivity index (χ0n) is 20.1. The number of carbonyl (C=O) groups is 1. The monoisotopic (exact) mass is 514 g/mol. The van der Waals surface area contributed by atoms with Crippen LogP contribution in [-0.4, -0.2) is 22.7 Å². The molecule has 2 aromatic heterocycles. The van der Waals surface area contributed by atoms with Crippen molar-refractivity contribution in [3.63, 3.8) is 0 Å². The van der Waals surface area contributed by atoms with E-state index < -0.39 is 17.5 Å². The Labute approximate surface area is 216 Å². The average molecular weight is 515 g/mol. The zero-order valence-corrected chi connectivity index (χ0v) is 20.1. The van der Waals surface area contributed by atoms with E-state index in [0.717, 1.165) is 23.4 Å². The van der Waals surface area contributed by atoms with E-state index in [9.17, 15) is 18.0 Å². The second kappa shape index (κ2) is 10.3. The van der Waals surface area contributed by atoms with Gasteiger partial charge in [0.05, 0.1) is 24.1 Å². The normalized spacial score (nSPS) is 11.7. The molecule has 3 aromatic carbocycles. The van der Waals surface area contributed by atoms with Gasteiger partial charge in [-0.3, -0.25) is 4.79 Å². The lowest BCUT2D eigenvalue weighted by Crippen LogP contribution is -2.04. The number of rotatable bonds is 7. The van der Waals surface area contributed by atoms with Crippen LogP contribution in [0.1, 0.15) is 21.7 Å². The fourth-order valence-corrected chi connectivity index (χ4v) is 3.92. The van der Waals surface area contributed by atoms with Crippen LogP contribution in [0.15, 0.2) is 108 Å². The highest BCUT2D eigenvalue weighted by molar-refractivity contribution is 6.05. The Bertz CT molecular complexity index is 1600. The Morgan fingerprint density at radius 2 is 1.68 bits per heavy atom. The van der Waals surface area contributed by atoms with Gasteiger partial charge in [0.1, 0.15) is 11.5 Å². The van der Waals surface area contributed by atoms with Crippen LogP contribution >= 0.6 is 0 Å². The molecule has 0 bridgehead atoms. The van der Waals surface area contributed by atoms with Crippen molar-refractivity contribution in [3.05, 3.63) is 120 Å². The van der Waals surface area contributed by atoms with Crippen molar-refractivity contribution in [1.29, 1.82) is 0 Å². The minimum atomic E-state index is -4.48. The molecule has 0 atom stereocenters. The minimum absolute atomic E-state index is 0.00936. The molecule has 38 heavy (non-hydrogen) atoms. The maximum Gasteiger partial charge on any atom is 0.416 e. The molecule has 190 valence electrons. The maximum atomic E-state index is 13.1. The number of ketones is 1. The summed E-state index contributed by atoms with van der Waals surface area (Å²) >= 11 is 0. The van der Waals surface area contributed by atoms with Crippen LogP contribution in [0.2, 0.25) is 0 Å². The first kappa shape index (κ1) is 24.8. The van der Waals surface area contributed by atoms with Crippen molar-refractivity contribution in [2.75, 3.05) is 7.11 Å². The highest BCUT2D eigenvalue weighted by Crippen LogP contribution is 2.33. The molecule has 0 saturated heterocycles. The van der Waals surface area contributed by atoms with Gasteiger partial charge < -0.3 is 9.15 Å². The Balaban J connectivity index is 1.44. The number of aromatic nitrogens is 2. The topological polar surface area (TPSA) is 57.3 Å². The summed E-state index contributed by atoms with van der Waals surface area (Å²) in [6, 6.07) is 24.7. The second-order valence-electron chi connectivity index (χ2n) is 8.38. The van der Waals surface area contributed by atoms with Crippen LogP contribution in [0.25, 0.3) is 34.3 Å². The Morgan fingerprint density at radius 3 is 2.39 bits per heavy atom. The van der Waals surface area contributed by atoms with Gasteiger partial charge in [0.15, 0.2) is 5.76 Å². The Kier molecular flexibility index (Phi) is 6.70. The van der Waals surface area contributed by atoms with Crippen molar-refractivity contribution in [2.24, 2.45) is 0 Å². The smallest absolute Gasteiger partial charge is 0.416 e. The first-order valence-electron chi connectivity index (χ1n) is 11.6. The van der Waals surface area contributed by atoms with E-state index in [2.05, 4.69) is 0 Å². The zero-order chi connectivity index (χ0) is 26.7. The largest absolute Gasteiger partial charge is 0.497 e. The van der Waals surface area contributed by atoms with Crippen LogP contribution in [0.5, 0.6) is 5.75 Å². The van der Waals surface area contributed by atoms with Crippen LogP contribution in [0, 0.1) is 0 Å². The number of nitrogens with zero attached hydrogens (tertiary/aromatic N) is 2. The van der Waals surface area contributed by atoms with Crippen LogP contribution in [0.3, 0.4) is 0 Å². The number of ether oxygens (including phenoxy) is 1. The third kappa shape index (κ3) is 5.29. The number of halogens is 3. The Hall–Kier alpha value is -4.85. The van der Waals surface area contributed by atoms with Crippen molar-refractivity contribution in [1.82, 2.24) is 9.78 Å². The quantitative estimate of drug-likeness (QED) is 0.165. The van der Waals surface area contributed by atoms with E-state index in [-0.39, 0.29) is 17.1 Å². The molecule has 0 unspecified atom stereocenters. The van der Waals surface area contributed by atoms with Gasteiger partial charge in [-0.25, -0.2) is 4.68 Å². The Morgan fingerprint density at radius 1 is 0.921 bits per heavy atom. The standard InChI is InChI=1S/C30H21F3N2O3/c1-37-25-13-10-20(11-14-25)29-22(19-35(34-29)24-8-3-2-4-9-24)12-15-26(36)28-17-16-27(38-28)21-6-5-7-23(18-21)30(31,32)33/h2-19H,1H3/b15-12+. The number of methoxy groups -OCH3 is 1. The molecule has 5 rings (SSSR count). The highest BCUT2D eigenvalue weighted by atomic mass is 19.4. The van der Waals surface area contributed by atoms with Crippen molar-refractivity contribution < 1.29 is 27.1 Å². The van der Waals surface area contributed by atoms with Gasteiger partial charge in [-0.1, -0.05) is 30.3 Å². The van der Waals surface area contributed by atoms with E-state index in [1.165, 1.54) is 30.3 Å². The highest BCUT2D eigenvalue weighted by Gasteiger charge is 2.30. The molecule has 0 aliphatic rings. The number of allylic oxidation sites excluding steroid dienone is 1. The lowest BCUT2D eigenvalue weighted by molar-refractivity contribution is -0.137. The molecule has 5 nitrogen and oxygen atoms in total. The molecule has 0 aliphatic carbocycles. The predicted octanol–water partition coefficient (Wildman–Crippen LogP) is 7.72. The molecular weight excluding hydrogens is 493 g/mol. The molecule has 0 aliphatic heterocycles. The minimum Gasteiger partial charge on any atom is -0.497 e. The van der Waals surface area contributed by atoms with Crippen LogP contribution < -0.4 is 4.74 Å². The summed E-state index contributed by atoms with van der Waals surface area (Å²) in [5.74, 6) is 0.452. The maximum absolute atomic E-state index is 13.1. The molecule has 8 heteroatoms. The first-order chi connectivity index (χ1) is 18.3. The van der Waals surface area contributed by atoms with E-state index in [4.69, 9.17) is 14.3 Å². The van der Waals surface area contributed by atoms with Crippen LogP contribution in [0.4, 0.5) is 13.2 Å². The van der Waals surface area contributed by atoms with Gasteiger partial charge >= 0.3 is 6.18 Å². The number of hydrogen-bond donors (Lipinski definition) is 0. The average Bonchev–Trinajstić information content (AvgIpc) is 3.60. The fourth-order valence-electron chi connectivity index (χ4n) is 3.92. The number of carbonyl (C=O) groups excluding carboxylic acids is 1. The van der Waals surface area contributed by atoms with E-state index >= 15 is 0 Å². The number of hydrogen-bond acceptors (Lipinski definition) is 4. The first-order valence-corrected chi connectivity index (χ1v) is 11.6. The molecule has 0 spiro atoms. The van der Waals surface area contributed by atoms with E-state index in [1.54, 1.807) is 17.9 Å². The molecule has 5 aromatic rings. The number of alkyl halides is 3. The number of para-hydroxylation sites is 1. The molecular formula is C30H21F3N2O3. The molecule has 0 N–H and O–H groups in total. The third-order valence-corrected chi connectivity index (χ3v) is 5.86. The molecule has 0 radical (unpaired) electrons. The summed E-state index contributed by atoms with van der Waals surface area (Å²) in [5.41, 5.74) is 2.47. The van der Waals surface area contributed by atoms with E-state index in [1.807, 2.05) is 60.8 Å². The van der Waals surface area contributed by atoms with Gasteiger partial charge in [0.2, 0.25) is 5.78 Å². The summed E-state index contributed by atoms with van der Waals surface area (Å²) in [6.45, 7) is 0. The SMILES string of the molecule is COc1ccc(-c2nn(-c3ccccc3)cc2/C=C/C(=O)c2ccc(-c3cccc(C(F)(F)F)c3)o2)cc1. The van der Waals surface area contributed by atoms with E-state index in [0.29, 0.717) is 17.0 Å². The van der Waals surface area contributed by atoms with Gasteiger partial charge in [0.25, 0.3) is 0 Å². The van der Waals surface area contributed by atoms with Gasteiger partial charge in [-0.05, 0) is 72.8 Å². The summed E-state index contributed by atoms with van der Waals surface area (Å²) in [4.78, 5) is 12.9. The summed E-state index contributed by atoms with van der Waals surface area (Å²) in [7, 11) is 1.59. The number of benzene rings is 3. The van der Waals surface area contributed by atoms with Crippen molar-refractivity contribution in [2.45, 2.75) is 6.18 Å². The lowest BCUT2D eigenvalue weighted by atomic mass is 10.1. The number of furan rings is 1. The van der Waals surface area contributed by atoms with Gasteiger partial charge in [0, 0.05) is 22.9 Å². The lowest BCUT2D eigenvalue weighted by Gasteiger charge is -2.07. The van der Waals surface area contributed by atoms with Gasteiger partial charge in [-0.2, -0.15) is 18.3 Å². The third-order valence-electron chi connectivity index (χ3n) is 5.86. The molecule has 2 heterocycles. The molecule has 0 amide bonds. The summed E-state index contributed by atoms with van der Waals surface area (Å²) in [6.07, 6.45) is 0.333.